The third kappa shape index (κ3) is 4.36. The first kappa shape index (κ1) is 16.7. The van der Waals surface area contributed by atoms with Crippen molar-refractivity contribution in [3.8, 4) is 0 Å². The van der Waals surface area contributed by atoms with Crippen LogP contribution in [0, 0.1) is 17.3 Å². The molecule has 0 N–H and O–H groups in total. The lowest BCUT2D eigenvalue weighted by Gasteiger charge is -2.34. The van der Waals surface area contributed by atoms with Crippen LogP contribution >= 0.6 is 0 Å². The minimum atomic E-state index is -0.391. The first-order valence-corrected chi connectivity index (χ1v) is 7.61. The van der Waals surface area contributed by atoms with E-state index in [0.29, 0.717) is 18.4 Å². The van der Waals surface area contributed by atoms with Crippen LogP contribution in [0.1, 0.15) is 53.0 Å². The number of hydrogen-bond donors (Lipinski definition) is 0. The van der Waals surface area contributed by atoms with Crippen molar-refractivity contribution in [3.05, 3.63) is 35.9 Å². The van der Waals surface area contributed by atoms with Gasteiger partial charge in [0.2, 0.25) is 0 Å². The molecule has 0 spiro atoms. The van der Waals surface area contributed by atoms with Gasteiger partial charge >= 0.3 is 5.97 Å². The maximum atomic E-state index is 12.6. The Morgan fingerprint density at radius 2 is 1.80 bits per heavy atom. The predicted molar refractivity (Wildman–Crippen MR) is 83.3 cm³/mol. The molecule has 0 saturated heterocycles. The zero-order valence-corrected chi connectivity index (χ0v) is 13.5. The van der Waals surface area contributed by atoms with Crippen molar-refractivity contribution < 1.29 is 9.53 Å². The first-order valence-electron chi connectivity index (χ1n) is 7.61. The molecule has 1 aromatic carbocycles. The summed E-state index contributed by atoms with van der Waals surface area (Å²) in [5, 5.41) is 0. The highest BCUT2D eigenvalue weighted by Gasteiger charge is 2.39. The van der Waals surface area contributed by atoms with Gasteiger partial charge < -0.3 is 4.74 Å². The maximum absolute atomic E-state index is 12.6. The highest BCUT2D eigenvalue weighted by Crippen LogP contribution is 2.37. The molecule has 0 aromatic heterocycles. The Kier molecular flexibility index (Phi) is 6.25. The van der Waals surface area contributed by atoms with Crippen molar-refractivity contribution >= 4 is 5.97 Å². The Bertz CT molecular complexity index is 411. The fraction of sp³-hybridized carbons (Fsp3) is 0.611. The summed E-state index contributed by atoms with van der Waals surface area (Å²) in [7, 11) is 0. The number of carbonyl (C=O) groups excluding carboxylic acids is 1. The molecule has 2 heteroatoms. The number of ether oxygens (including phenoxy) is 1. The molecule has 0 fully saturated rings. The Morgan fingerprint density at radius 1 is 1.20 bits per heavy atom. The van der Waals surface area contributed by atoms with Gasteiger partial charge in [-0.15, -0.1) is 0 Å². The number of benzene rings is 1. The van der Waals surface area contributed by atoms with E-state index in [0.717, 1.165) is 18.4 Å². The van der Waals surface area contributed by atoms with Gasteiger partial charge in [0.15, 0.2) is 0 Å². The highest BCUT2D eigenvalue weighted by molar-refractivity contribution is 5.76. The SMILES string of the molecule is CCC(C)C(C)(CC(C)C)C(=O)OCc1ccccc1. The molecule has 2 nitrogen and oxygen atoms in total. The monoisotopic (exact) mass is 276 g/mol. The second-order valence-electron chi connectivity index (χ2n) is 6.39. The van der Waals surface area contributed by atoms with E-state index in [-0.39, 0.29) is 5.97 Å². The maximum Gasteiger partial charge on any atom is 0.312 e. The van der Waals surface area contributed by atoms with Crippen LogP contribution in [0.15, 0.2) is 30.3 Å². The van der Waals surface area contributed by atoms with Crippen molar-refractivity contribution in [1.82, 2.24) is 0 Å². The fourth-order valence-electron chi connectivity index (χ4n) is 2.67. The zero-order valence-electron chi connectivity index (χ0n) is 13.5. The number of carbonyl (C=O) groups is 1. The lowest BCUT2D eigenvalue weighted by atomic mass is 9.71. The van der Waals surface area contributed by atoms with Gasteiger partial charge in [0, 0.05) is 0 Å². The molecule has 1 aromatic rings. The number of rotatable bonds is 7. The summed E-state index contributed by atoms with van der Waals surface area (Å²) in [4.78, 5) is 12.6. The molecule has 1 rings (SSSR count). The second kappa shape index (κ2) is 7.47. The van der Waals surface area contributed by atoms with Crippen molar-refractivity contribution in [2.45, 2.75) is 54.1 Å². The van der Waals surface area contributed by atoms with Gasteiger partial charge in [0.1, 0.15) is 6.61 Å². The van der Waals surface area contributed by atoms with E-state index in [1.165, 1.54) is 0 Å². The molecule has 0 aliphatic carbocycles. The third-order valence-corrected chi connectivity index (χ3v) is 4.21. The minimum Gasteiger partial charge on any atom is -0.460 e. The van der Waals surface area contributed by atoms with Gasteiger partial charge in [-0.2, -0.15) is 0 Å². The Balaban J connectivity index is 2.73. The van der Waals surface area contributed by atoms with E-state index in [4.69, 9.17) is 4.74 Å². The van der Waals surface area contributed by atoms with Gasteiger partial charge in [-0.1, -0.05) is 64.4 Å². The Morgan fingerprint density at radius 3 is 2.30 bits per heavy atom. The van der Waals surface area contributed by atoms with E-state index >= 15 is 0 Å². The van der Waals surface area contributed by atoms with Gasteiger partial charge in [-0.05, 0) is 30.7 Å². The Hall–Kier alpha value is -1.31. The van der Waals surface area contributed by atoms with Gasteiger partial charge in [0.05, 0.1) is 5.41 Å². The summed E-state index contributed by atoms with van der Waals surface area (Å²) in [6.45, 7) is 11.0. The largest absolute Gasteiger partial charge is 0.460 e. The van der Waals surface area contributed by atoms with Crippen LogP contribution in [-0.4, -0.2) is 5.97 Å². The van der Waals surface area contributed by atoms with Crippen LogP contribution in [0.5, 0.6) is 0 Å². The van der Waals surface area contributed by atoms with E-state index in [9.17, 15) is 4.79 Å². The van der Waals surface area contributed by atoms with Gasteiger partial charge in [0.25, 0.3) is 0 Å². The van der Waals surface area contributed by atoms with Crippen molar-refractivity contribution in [2.75, 3.05) is 0 Å². The zero-order chi connectivity index (χ0) is 15.2. The van der Waals surface area contributed by atoms with Crippen LogP contribution in [0.4, 0.5) is 0 Å². The Labute approximate surface area is 123 Å². The summed E-state index contributed by atoms with van der Waals surface area (Å²) in [5.41, 5.74) is 0.648. The predicted octanol–water partition coefficient (Wildman–Crippen LogP) is 4.83. The normalized spacial score (nSPS) is 15.7. The van der Waals surface area contributed by atoms with Crippen LogP contribution in [0.2, 0.25) is 0 Å². The smallest absolute Gasteiger partial charge is 0.312 e. The fourth-order valence-corrected chi connectivity index (χ4v) is 2.67. The molecule has 112 valence electrons. The number of esters is 1. The van der Waals surface area contributed by atoms with Gasteiger partial charge in [-0.3, -0.25) is 4.79 Å². The van der Waals surface area contributed by atoms with Crippen LogP contribution < -0.4 is 0 Å². The molecule has 0 aliphatic rings. The molecule has 0 aliphatic heterocycles. The van der Waals surface area contributed by atoms with E-state index < -0.39 is 5.41 Å². The molecule has 20 heavy (non-hydrogen) atoms. The first-order chi connectivity index (χ1) is 9.40. The summed E-state index contributed by atoms with van der Waals surface area (Å²) in [6.07, 6.45) is 1.86. The van der Waals surface area contributed by atoms with Crippen molar-refractivity contribution in [1.29, 1.82) is 0 Å². The second-order valence-corrected chi connectivity index (χ2v) is 6.39. The van der Waals surface area contributed by atoms with E-state index in [1.54, 1.807) is 0 Å². The molecule has 0 saturated carbocycles. The summed E-state index contributed by atoms with van der Waals surface area (Å²) < 4.78 is 5.58. The minimum absolute atomic E-state index is 0.0654. The van der Waals surface area contributed by atoms with Crippen molar-refractivity contribution in [2.24, 2.45) is 17.3 Å². The topological polar surface area (TPSA) is 26.3 Å². The number of hydrogen-bond acceptors (Lipinski definition) is 2. The quantitative estimate of drug-likeness (QED) is 0.667. The van der Waals surface area contributed by atoms with Crippen molar-refractivity contribution in [3.63, 3.8) is 0 Å². The molecule has 2 atom stereocenters. The third-order valence-electron chi connectivity index (χ3n) is 4.21. The average molecular weight is 276 g/mol. The molecule has 0 bridgehead atoms. The molecule has 0 radical (unpaired) electrons. The van der Waals surface area contributed by atoms with Crippen LogP contribution in [0.25, 0.3) is 0 Å². The lowest BCUT2D eigenvalue weighted by Crippen LogP contribution is -2.37. The van der Waals surface area contributed by atoms with Gasteiger partial charge in [-0.25, -0.2) is 0 Å². The molecular weight excluding hydrogens is 248 g/mol. The lowest BCUT2D eigenvalue weighted by molar-refractivity contribution is -0.161. The average Bonchev–Trinajstić information content (AvgIpc) is 2.43. The summed E-state index contributed by atoms with van der Waals surface area (Å²) in [6, 6.07) is 9.86. The molecule has 0 heterocycles. The summed E-state index contributed by atoms with van der Waals surface area (Å²) in [5.74, 6) is 0.746. The van der Waals surface area contributed by atoms with E-state index in [2.05, 4.69) is 34.6 Å². The molecular formula is C18H28O2. The van der Waals surface area contributed by atoms with E-state index in [1.807, 2.05) is 30.3 Å². The standard InChI is InChI=1S/C18H28O2/c1-6-15(4)18(5,12-14(2)3)17(19)20-13-16-10-8-7-9-11-16/h7-11,14-15H,6,12-13H2,1-5H3. The molecule has 2 unspecified atom stereocenters. The highest BCUT2D eigenvalue weighted by atomic mass is 16.5. The van der Waals surface area contributed by atoms with Crippen LogP contribution in [-0.2, 0) is 16.1 Å². The summed E-state index contributed by atoms with van der Waals surface area (Å²) >= 11 is 0. The van der Waals surface area contributed by atoms with Crippen LogP contribution in [0.3, 0.4) is 0 Å². The molecule has 0 amide bonds.